The molecule has 2 aromatic carbocycles. The third-order valence-corrected chi connectivity index (χ3v) is 11.6. The Hall–Kier alpha value is -3.18. The lowest BCUT2D eigenvalue weighted by Crippen LogP contribution is -2.05. The van der Waals surface area contributed by atoms with Crippen LogP contribution in [-0.4, -0.2) is 4.70 Å². The van der Waals surface area contributed by atoms with E-state index in [2.05, 4.69) is 99.4 Å². The molecule has 3 rings (SSSR count). The molecule has 2 nitrogen and oxygen atoms in total. The first-order valence-electron chi connectivity index (χ1n) is 23.9. The summed E-state index contributed by atoms with van der Waals surface area (Å²) in [6.45, 7) is 6.74. The minimum Gasteiger partial charge on any atom is -0.493 e. The quantitative estimate of drug-likeness (QED) is 0.0393. The first-order chi connectivity index (χ1) is 27.7. The van der Waals surface area contributed by atoms with Crippen molar-refractivity contribution in [2.75, 3.05) is 0 Å². The predicted octanol–water partition coefficient (Wildman–Crippen LogP) is 17.5. The van der Waals surface area contributed by atoms with Gasteiger partial charge in [-0.05, 0) is 67.9 Å². The van der Waals surface area contributed by atoms with E-state index in [1.807, 2.05) is 0 Å². The van der Waals surface area contributed by atoms with Crippen molar-refractivity contribution >= 4 is 11.4 Å². The van der Waals surface area contributed by atoms with Gasteiger partial charge in [0.2, 0.25) is 11.4 Å². The van der Waals surface area contributed by atoms with Crippen molar-refractivity contribution in [3.8, 4) is 11.8 Å². The van der Waals surface area contributed by atoms with Gasteiger partial charge in [-0.2, -0.15) is 0 Å². The summed E-state index contributed by atoms with van der Waals surface area (Å²) in [5.74, 6) is 6.93. The van der Waals surface area contributed by atoms with E-state index in [0.29, 0.717) is 0 Å². The second-order valence-corrected chi connectivity index (χ2v) is 16.7. The standard InChI is InChI=1S/C54H82N2/c1-4-7-10-11-12-13-14-15-16-17-18-19-20-21-22-23-24-25-26-27-28-29-30-31-32-33-35-41-49-42-36-37-45-52(49)54-51(43-34-8-5-2)47-53(56(54)55)50-44-38-40-48(46-50)39-9-6-3/h34,36-38,40,42-47H,4-30,33,35,39,41H2,1-3H3. The molecule has 2 aromatic rings. The number of hydrogen-bond acceptors (Lipinski definition) is 0. The van der Waals surface area contributed by atoms with Gasteiger partial charge in [-0.1, -0.05) is 211 Å². The van der Waals surface area contributed by atoms with Gasteiger partial charge in [0.1, 0.15) is 0 Å². The van der Waals surface area contributed by atoms with Gasteiger partial charge < -0.3 is 5.53 Å². The Kier molecular flexibility index (Phi) is 26.8. The zero-order chi connectivity index (χ0) is 39.7. The lowest BCUT2D eigenvalue weighted by molar-refractivity contribution is -0.344. The summed E-state index contributed by atoms with van der Waals surface area (Å²) in [4.78, 5) is 0. The highest BCUT2D eigenvalue weighted by Gasteiger charge is 2.29. The second-order valence-electron chi connectivity index (χ2n) is 16.7. The number of benzene rings is 2. The Bertz CT molecular complexity index is 1490. The Balaban J connectivity index is 1.26. The maximum absolute atomic E-state index is 11.7. The van der Waals surface area contributed by atoms with Crippen molar-refractivity contribution in [2.24, 2.45) is 0 Å². The van der Waals surface area contributed by atoms with Crippen molar-refractivity contribution in [1.82, 2.24) is 0 Å². The minimum atomic E-state index is 0.852. The summed E-state index contributed by atoms with van der Waals surface area (Å²) in [6, 6.07) is 17.3. The van der Waals surface area contributed by atoms with Gasteiger partial charge in [0.15, 0.2) is 0 Å². The summed E-state index contributed by atoms with van der Waals surface area (Å²) in [6.07, 6.45) is 47.5. The fourth-order valence-corrected chi connectivity index (χ4v) is 8.10. The van der Waals surface area contributed by atoms with Gasteiger partial charge in [0, 0.05) is 30.0 Å². The molecule has 308 valence electrons. The summed E-state index contributed by atoms with van der Waals surface area (Å²) >= 11 is 0. The van der Waals surface area contributed by atoms with Crippen LogP contribution in [0.1, 0.15) is 229 Å². The highest BCUT2D eigenvalue weighted by atomic mass is 15.2. The summed E-state index contributed by atoms with van der Waals surface area (Å²) < 4.78 is 1.44. The van der Waals surface area contributed by atoms with Gasteiger partial charge in [0.25, 0.3) is 0 Å². The predicted molar refractivity (Wildman–Crippen MR) is 247 cm³/mol. The highest BCUT2D eigenvalue weighted by Crippen LogP contribution is 2.38. The second kappa shape index (κ2) is 31.9. The van der Waals surface area contributed by atoms with Crippen LogP contribution >= 0.6 is 0 Å². The van der Waals surface area contributed by atoms with Crippen LogP contribution in [0.4, 0.5) is 0 Å². The maximum Gasteiger partial charge on any atom is 0.215 e. The van der Waals surface area contributed by atoms with Crippen molar-refractivity contribution < 1.29 is 4.70 Å². The van der Waals surface area contributed by atoms with Gasteiger partial charge in [0.05, 0.1) is 5.57 Å². The van der Waals surface area contributed by atoms with Crippen LogP contribution in [0.2, 0.25) is 0 Å². The molecule has 0 unspecified atom stereocenters. The molecular formula is C54H82N2. The molecule has 0 aliphatic carbocycles. The normalized spacial score (nSPS) is 12.8. The highest BCUT2D eigenvalue weighted by molar-refractivity contribution is 5.81. The fourth-order valence-electron chi connectivity index (χ4n) is 8.10. The minimum absolute atomic E-state index is 0.852. The van der Waals surface area contributed by atoms with Crippen LogP contribution in [0.3, 0.4) is 0 Å². The van der Waals surface area contributed by atoms with E-state index in [9.17, 15) is 5.53 Å². The fraction of sp³-hybridized carbons (Fsp3) is 0.630. The van der Waals surface area contributed by atoms with Gasteiger partial charge in [-0.3, -0.25) is 0 Å². The van der Waals surface area contributed by atoms with E-state index in [0.717, 1.165) is 73.0 Å². The zero-order valence-electron chi connectivity index (χ0n) is 36.7. The molecule has 0 aromatic heterocycles. The van der Waals surface area contributed by atoms with Crippen molar-refractivity contribution in [1.29, 1.82) is 0 Å². The molecule has 0 spiro atoms. The molecular weight excluding hydrogens is 677 g/mol. The van der Waals surface area contributed by atoms with Crippen molar-refractivity contribution in [3.63, 3.8) is 0 Å². The smallest absolute Gasteiger partial charge is 0.215 e. The van der Waals surface area contributed by atoms with Crippen molar-refractivity contribution in [2.45, 2.75) is 220 Å². The molecule has 0 N–H and O–H groups in total. The number of rotatable bonds is 33. The lowest BCUT2D eigenvalue weighted by Gasteiger charge is -2.13. The summed E-state index contributed by atoms with van der Waals surface area (Å²) in [7, 11) is 0. The molecule has 2 heteroatoms. The van der Waals surface area contributed by atoms with Gasteiger partial charge in [-0.25, -0.2) is 4.70 Å². The van der Waals surface area contributed by atoms with Crippen LogP contribution < -0.4 is 0 Å². The van der Waals surface area contributed by atoms with E-state index >= 15 is 0 Å². The Morgan fingerprint density at radius 1 is 0.536 bits per heavy atom. The van der Waals surface area contributed by atoms with Crippen LogP contribution in [0, 0.1) is 11.8 Å². The number of aryl methyl sites for hydroxylation is 2. The molecule has 1 aliphatic rings. The topological polar surface area (TPSA) is 25.3 Å². The third kappa shape index (κ3) is 19.8. The maximum atomic E-state index is 11.7. The average molecular weight is 759 g/mol. The van der Waals surface area contributed by atoms with E-state index in [4.69, 9.17) is 0 Å². The summed E-state index contributed by atoms with van der Waals surface area (Å²) in [5.41, 5.74) is 19.3. The average Bonchev–Trinajstić information content (AvgIpc) is 3.55. The number of hydrogen-bond donors (Lipinski definition) is 0. The molecule has 0 saturated carbocycles. The van der Waals surface area contributed by atoms with E-state index in [1.54, 1.807) is 0 Å². The monoisotopic (exact) mass is 759 g/mol. The van der Waals surface area contributed by atoms with Gasteiger partial charge >= 0.3 is 0 Å². The van der Waals surface area contributed by atoms with Crippen LogP contribution in [0.5, 0.6) is 0 Å². The molecule has 56 heavy (non-hydrogen) atoms. The van der Waals surface area contributed by atoms with E-state index in [-0.39, 0.29) is 0 Å². The Morgan fingerprint density at radius 3 is 1.64 bits per heavy atom. The SMILES string of the molecule is CCCC=CC1=C(c2ccccc2CCCC#CCCCCCCCCCCCCCCCCCCCCCCCC)[N+](=[N-])C(c2cccc(CCCC)c2)=C1. The molecule has 1 heterocycles. The molecule has 1 aliphatic heterocycles. The van der Waals surface area contributed by atoms with Crippen LogP contribution in [-0.2, 0) is 12.8 Å². The van der Waals surface area contributed by atoms with Crippen molar-refractivity contribution in [3.05, 3.63) is 100 Å². The van der Waals surface area contributed by atoms with Crippen LogP contribution in [0.25, 0.3) is 16.9 Å². The zero-order valence-corrected chi connectivity index (χ0v) is 36.7. The first kappa shape index (κ1) is 47.2. The van der Waals surface area contributed by atoms with Gasteiger partial charge in [-0.15, -0.1) is 11.8 Å². The largest absolute Gasteiger partial charge is 0.493 e. The Morgan fingerprint density at radius 2 is 1.07 bits per heavy atom. The van der Waals surface area contributed by atoms with E-state index < -0.39 is 0 Å². The molecule has 0 fully saturated rings. The number of allylic oxidation sites excluding steroid dienone is 4. The number of nitrogens with zero attached hydrogens (tertiary/aromatic N) is 2. The van der Waals surface area contributed by atoms with E-state index in [1.165, 1.54) is 170 Å². The molecule has 0 bridgehead atoms. The summed E-state index contributed by atoms with van der Waals surface area (Å²) in [5, 5.41) is 0. The number of unbranched alkanes of at least 4 members (excludes halogenated alkanes) is 25. The molecule has 0 saturated heterocycles. The third-order valence-electron chi connectivity index (χ3n) is 11.6. The Labute approximate surface area is 346 Å². The van der Waals surface area contributed by atoms with Crippen LogP contribution in [0.15, 0.2) is 72.3 Å². The lowest BCUT2D eigenvalue weighted by atomic mass is 9.97. The first-order valence-corrected chi connectivity index (χ1v) is 23.9. The molecule has 0 radical (unpaired) electrons. The molecule has 0 atom stereocenters. The molecule has 0 amide bonds.